The number of hydrogen-bond donors (Lipinski definition) is 1. The molecule has 2 aromatic heterocycles. The van der Waals surface area contributed by atoms with Crippen LogP contribution in [0.3, 0.4) is 0 Å². The minimum absolute atomic E-state index is 0.0299. The number of imidazole rings is 1. The van der Waals surface area contributed by atoms with Gasteiger partial charge in [-0.15, -0.1) is 0 Å². The molecule has 40 heavy (non-hydrogen) atoms. The van der Waals surface area contributed by atoms with Gasteiger partial charge >= 0.3 is 5.97 Å². The molecule has 0 aliphatic carbocycles. The quantitative estimate of drug-likeness (QED) is 0.315. The second-order valence-electron chi connectivity index (χ2n) is 9.60. The van der Waals surface area contributed by atoms with E-state index in [9.17, 15) is 14.3 Å². The van der Waals surface area contributed by atoms with Gasteiger partial charge in [-0.1, -0.05) is 23.7 Å². The maximum Gasteiger partial charge on any atom is 0.335 e. The molecule has 10 nitrogen and oxygen atoms in total. The Morgan fingerprint density at radius 1 is 1.15 bits per heavy atom. The molecule has 1 saturated heterocycles. The number of pyridine rings is 1. The molecular formula is C28H26ClFN6O4. The smallest absolute Gasteiger partial charge is 0.335 e. The van der Waals surface area contributed by atoms with Gasteiger partial charge in [0, 0.05) is 29.8 Å². The molecule has 2 aromatic carbocycles. The summed E-state index contributed by atoms with van der Waals surface area (Å²) in [6.45, 7) is 3.07. The van der Waals surface area contributed by atoms with Gasteiger partial charge < -0.3 is 24.0 Å². The summed E-state index contributed by atoms with van der Waals surface area (Å²) in [5.74, 6) is 0.421. The van der Waals surface area contributed by atoms with Crippen LogP contribution >= 0.6 is 11.6 Å². The molecule has 2 aliphatic rings. The topological polar surface area (TPSA) is 105 Å². The van der Waals surface area contributed by atoms with Crippen molar-refractivity contribution >= 4 is 40.8 Å². The van der Waals surface area contributed by atoms with Crippen molar-refractivity contribution in [3.63, 3.8) is 0 Å². The fourth-order valence-electron chi connectivity index (χ4n) is 4.63. The van der Waals surface area contributed by atoms with Gasteiger partial charge in [0.2, 0.25) is 5.88 Å². The van der Waals surface area contributed by atoms with E-state index < -0.39 is 11.8 Å². The summed E-state index contributed by atoms with van der Waals surface area (Å²) >= 11 is 5.82. The number of benzene rings is 2. The molecule has 0 radical (unpaired) electrons. The van der Waals surface area contributed by atoms with Gasteiger partial charge in [0.25, 0.3) is 0 Å². The highest BCUT2D eigenvalue weighted by atomic mass is 35.5. The number of halogens is 2. The molecule has 1 N–H and O–H groups in total. The molecule has 0 unspecified atom stereocenters. The molecule has 4 aromatic rings. The number of hydrogen-bond acceptors (Lipinski definition) is 8. The van der Waals surface area contributed by atoms with Crippen LogP contribution in [0.25, 0.3) is 11.0 Å². The lowest BCUT2D eigenvalue weighted by Crippen LogP contribution is -2.38. The molecule has 1 atom stereocenters. The molecule has 0 amide bonds. The lowest BCUT2D eigenvalue weighted by Gasteiger charge is -2.30. The van der Waals surface area contributed by atoms with Crippen molar-refractivity contribution in [2.45, 2.75) is 32.2 Å². The Labute approximate surface area is 234 Å². The zero-order chi connectivity index (χ0) is 27.6. The number of fused-ring (bicyclic) bond motifs is 1. The van der Waals surface area contributed by atoms with Gasteiger partial charge in [-0.2, -0.15) is 10.1 Å². The van der Waals surface area contributed by atoms with Crippen LogP contribution in [-0.4, -0.2) is 62.8 Å². The van der Waals surface area contributed by atoms with Crippen molar-refractivity contribution in [3.8, 4) is 5.88 Å². The fourth-order valence-corrected chi connectivity index (χ4v) is 4.79. The number of hydrazone groups is 1. The largest absolute Gasteiger partial charge is 0.478 e. The predicted octanol–water partition coefficient (Wildman–Crippen LogP) is 4.56. The van der Waals surface area contributed by atoms with Crippen LogP contribution in [-0.2, 0) is 24.4 Å². The molecule has 1 fully saturated rings. The van der Waals surface area contributed by atoms with Crippen molar-refractivity contribution < 1.29 is 23.8 Å². The highest BCUT2D eigenvalue weighted by molar-refractivity contribution is 6.30. The highest BCUT2D eigenvalue weighted by Gasteiger charge is 2.24. The number of aromatic nitrogens is 3. The molecule has 12 heteroatoms. The predicted molar refractivity (Wildman–Crippen MR) is 147 cm³/mol. The Bertz CT molecular complexity index is 1590. The number of ether oxygens (including phenoxy) is 2. The van der Waals surface area contributed by atoms with Gasteiger partial charge in [0.05, 0.1) is 42.3 Å². The lowest BCUT2D eigenvalue weighted by molar-refractivity contribution is -0.0592. The Morgan fingerprint density at radius 3 is 2.75 bits per heavy atom. The van der Waals surface area contributed by atoms with E-state index in [2.05, 4.69) is 10.1 Å². The summed E-state index contributed by atoms with van der Waals surface area (Å²) in [7, 11) is 0. The highest BCUT2D eigenvalue weighted by Crippen LogP contribution is 2.24. The third-order valence-corrected chi connectivity index (χ3v) is 7.16. The van der Waals surface area contributed by atoms with E-state index in [1.807, 2.05) is 26.6 Å². The number of nitrogens with zero attached hydrogens (tertiary/aromatic N) is 6. The number of rotatable bonds is 9. The van der Waals surface area contributed by atoms with Gasteiger partial charge in [-0.3, -0.25) is 5.01 Å². The summed E-state index contributed by atoms with van der Waals surface area (Å²) < 4.78 is 27.5. The average molecular weight is 565 g/mol. The zero-order valence-corrected chi connectivity index (χ0v) is 22.2. The maximum atomic E-state index is 14.1. The Morgan fingerprint density at radius 2 is 2.02 bits per heavy atom. The van der Waals surface area contributed by atoms with E-state index in [-0.39, 0.29) is 18.3 Å². The Balaban J connectivity index is 1.15. The first kappa shape index (κ1) is 26.0. The van der Waals surface area contributed by atoms with E-state index in [1.165, 1.54) is 6.07 Å². The minimum Gasteiger partial charge on any atom is -0.478 e. The molecular weight excluding hydrogens is 539 g/mol. The standard InChI is InChI=1S/C28H26ClFN6O4/c29-20-6-4-19(22(30)13-20)16-40-27-3-1-2-25(33-27)34-9-10-35(31-17-34)15-26-32-23-7-5-18(28(37)38)12-24(23)36(26)14-21-8-11-39-21/h1-7,12-13,17,21H,8-11,14-16H2,(H,37,38)/t21-/m0/s1. The normalized spacial score (nSPS) is 16.8. The van der Waals surface area contributed by atoms with Crippen LogP contribution in [0.2, 0.25) is 5.02 Å². The number of carboxylic acid groups (broad SMARTS) is 1. The lowest BCUT2D eigenvalue weighted by atomic mass is 10.1. The molecule has 2 aliphatic heterocycles. The molecule has 4 heterocycles. The van der Waals surface area contributed by atoms with Crippen molar-refractivity contribution in [3.05, 3.63) is 82.4 Å². The van der Waals surface area contributed by atoms with Crippen molar-refractivity contribution in [1.82, 2.24) is 19.5 Å². The first-order valence-electron chi connectivity index (χ1n) is 12.9. The monoisotopic (exact) mass is 564 g/mol. The zero-order valence-electron chi connectivity index (χ0n) is 21.4. The van der Waals surface area contributed by atoms with E-state index in [4.69, 9.17) is 26.1 Å². The average Bonchev–Trinajstić information content (AvgIpc) is 3.26. The number of carbonyl (C=O) groups is 1. The first-order chi connectivity index (χ1) is 19.4. The SMILES string of the molecule is O=C(O)c1ccc2nc(CN3CCN(c4cccc(OCc5ccc(Cl)cc5F)n4)C=N3)n(C[C@@H]3CCO3)c2c1. The van der Waals surface area contributed by atoms with E-state index in [0.717, 1.165) is 29.9 Å². The van der Waals surface area contributed by atoms with Gasteiger partial charge in [-0.05, 0) is 42.8 Å². The molecule has 0 spiro atoms. The minimum atomic E-state index is -0.975. The van der Waals surface area contributed by atoms with Gasteiger partial charge in [0.1, 0.15) is 30.4 Å². The summed E-state index contributed by atoms with van der Waals surface area (Å²) in [6, 6.07) is 14.8. The van der Waals surface area contributed by atoms with E-state index >= 15 is 0 Å². The summed E-state index contributed by atoms with van der Waals surface area (Å²) in [6.07, 6.45) is 2.75. The fraction of sp³-hybridized carbons (Fsp3) is 0.286. The summed E-state index contributed by atoms with van der Waals surface area (Å²) in [5, 5.41) is 16.3. The summed E-state index contributed by atoms with van der Waals surface area (Å²) in [4.78, 5) is 22.8. The van der Waals surface area contributed by atoms with Crippen LogP contribution < -0.4 is 9.64 Å². The van der Waals surface area contributed by atoms with Gasteiger partial charge in [0.15, 0.2) is 0 Å². The number of anilines is 1. The molecule has 206 valence electrons. The molecule has 0 bridgehead atoms. The third kappa shape index (κ3) is 5.56. The van der Waals surface area contributed by atoms with Crippen molar-refractivity contribution in [2.24, 2.45) is 5.10 Å². The molecule has 6 rings (SSSR count). The number of carboxylic acids is 1. The Kier molecular flexibility index (Phi) is 7.23. The van der Waals surface area contributed by atoms with Crippen LogP contribution in [0.15, 0.2) is 59.7 Å². The van der Waals surface area contributed by atoms with Crippen molar-refractivity contribution in [2.75, 3.05) is 24.6 Å². The second kappa shape index (κ2) is 11.1. The van der Waals surface area contributed by atoms with Crippen LogP contribution in [0.5, 0.6) is 5.88 Å². The maximum absolute atomic E-state index is 14.1. The van der Waals surface area contributed by atoms with Crippen LogP contribution in [0.1, 0.15) is 28.2 Å². The van der Waals surface area contributed by atoms with Crippen LogP contribution in [0.4, 0.5) is 10.2 Å². The van der Waals surface area contributed by atoms with Gasteiger partial charge in [-0.25, -0.2) is 14.2 Å². The third-order valence-electron chi connectivity index (χ3n) is 6.92. The number of aromatic carboxylic acids is 1. The van der Waals surface area contributed by atoms with Crippen molar-refractivity contribution in [1.29, 1.82) is 0 Å². The Hall–Kier alpha value is -4.22. The van der Waals surface area contributed by atoms with E-state index in [0.29, 0.717) is 48.5 Å². The van der Waals surface area contributed by atoms with E-state index in [1.54, 1.807) is 42.7 Å². The summed E-state index contributed by atoms with van der Waals surface area (Å²) in [5.41, 5.74) is 2.12. The molecule has 0 saturated carbocycles. The second-order valence-corrected chi connectivity index (χ2v) is 10.0. The van der Waals surface area contributed by atoms with Crippen LogP contribution in [0, 0.1) is 5.82 Å². The first-order valence-corrected chi connectivity index (χ1v) is 13.2.